The molecular weight excluding hydrogens is 928 g/mol. The van der Waals surface area contributed by atoms with Crippen LogP contribution in [0.1, 0.15) is 129 Å². The summed E-state index contributed by atoms with van der Waals surface area (Å²) in [5, 5.41) is 3.79. The Morgan fingerprint density at radius 2 is 1.17 bits per heavy atom. The fraction of sp³-hybridized carbons (Fsp3) is 0.286. The third-order valence-electron chi connectivity index (χ3n) is 18.5. The highest BCUT2D eigenvalue weighted by Gasteiger charge is 2.51. The summed E-state index contributed by atoms with van der Waals surface area (Å²) in [7, 11) is 0. The lowest BCUT2D eigenvalue weighted by atomic mass is 9.45. The van der Waals surface area contributed by atoms with Gasteiger partial charge in [-0.05, 0) is 165 Å². The van der Waals surface area contributed by atoms with Crippen molar-refractivity contribution in [2.75, 3.05) is 9.71 Å². The minimum absolute atomic E-state index is 0.000977. The van der Waals surface area contributed by atoms with E-state index in [1.807, 2.05) is 11.3 Å². The zero-order valence-corrected chi connectivity index (χ0v) is 46.1. The van der Waals surface area contributed by atoms with Crippen LogP contribution in [0, 0.1) is 0 Å². The van der Waals surface area contributed by atoms with Crippen molar-refractivity contribution in [3.05, 3.63) is 186 Å². The fourth-order valence-corrected chi connectivity index (χ4v) is 15.2. The van der Waals surface area contributed by atoms with Gasteiger partial charge in [0.2, 0.25) is 0 Å². The molecule has 10 aromatic rings. The number of aryl methyl sites for hydroxylation is 1. The maximum Gasteiger partial charge on any atom is 0.376 e. The molecule has 0 N–H and O–H groups in total. The predicted molar refractivity (Wildman–Crippen MR) is 323 cm³/mol. The molecule has 0 fully saturated rings. The van der Waals surface area contributed by atoms with Gasteiger partial charge >= 0.3 is 6.85 Å². The minimum Gasteiger partial charge on any atom is -0.466 e. The Kier molecular flexibility index (Phi) is 10.3. The highest BCUT2D eigenvalue weighted by Crippen LogP contribution is 2.57. The van der Waals surface area contributed by atoms with E-state index in [2.05, 4.69) is 230 Å². The Morgan fingerprint density at radius 3 is 1.89 bits per heavy atom. The molecule has 4 aliphatic rings. The maximum absolute atomic E-state index is 7.90. The molecule has 4 heterocycles. The lowest BCUT2D eigenvalue weighted by Gasteiger charge is -2.46. The van der Waals surface area contributed by atoms with Crippen molar-refractivity contribution in [3.8, 4) is 33.4 Å². The van der Waals surface area contributed by atoms with Crippen molar-refractivity contribution in [2.24, 2.45) is 0 Å². The number of rotatable bonds is 7. The Hall–Kier alpha value is -6.82. The van der Waals surface area contributed by atoms with Crippen LogP contribution >= 0.6 is 11.3 Å². The first-order chi connectivity index (χ1) is 36.1. The van der Waals surface area contributed by atoms with Crippen LogP contribution in [0.25, 0.3) is 64.5 Å². The molecule has 0 saturated carbocycles. The van der Waals surface area contributed by atoms with Crippen LogP contribution in [0.3, 0.4) is 0 Å². The van der Waals surface area contributed by atoms with E-state index in [-0.39, 0.29) is 28.5 Å². The molecule has 5 heteroatoms. The van der Waals surface area contributed by atoms with E-state index in [1.54, 1.807) is 0 Å². The number of anilines is 5. The third-order valence-corrected chi connectivity index (χ3v) is 19.8. The predicted octanol–water partition coefficient (Wildman–Crippen LogP) is 18.9. The zero-order valence-electron chi connectivity index (χ0n) is 45.2. The standard InChI is InChI=1S/C70H67BN2OS/c1-10-11-20-43-27-32-57(50(37-43)45-23-16-13-17-24-45)72-59-41-51-48-25-18-19-26-61(48)75-65(51)62-49-30-28-46(44-21-14-12-15-22-44)38-58(49)73(47-29-31-53-54(39-47)68(4,5)34-33-67(53,2)3)71(63(59)62)66-64(72)52-40-55-56(42-60(52)74-66)70(8,9)36-35-69(55,6)7/h12-19,21-32,37-42H,10-11,20,33-36H2,1-9H3. The summed E-state index contributed by atoms with van der Waals surface area (Å²) in [6, 6.07) is 61.0. The molecular formula is C70H67BN2OS. The normalized spacial score (nSPS) is 17.4. The van der Waals surface area contributed by atoms with E-state index in [1.165, 1.54) is 121 Å². The van der Waals surface area contributed by atoms with Crippen molar-refractivity contribution >= 4 is 88.9 Å². The van der Waals surface area contributed by atoms with Gasteiger partial charge in [-0.3, -0.25) is 0 Å². The van der Waals surface area contributed by atoms with Crippen LogP contribution in [0.2, 0.25) is 0 Å². The molecule has 14 rings (SSSR count). The quantitative estimate of drug-likeness (QED) is 0.148. The molecule has 372 valence electrons. The number of benzene rings is 8. The Balaban J connectivity index is 1.16. The van der Waals surface area contributed by atoms with Gasteiger partial charge in [-0.25, -0.2) is 0 Å². The molecule has 0 atom stereocenters. The Morgan fingerprint density at radius 1 is 0.520 bits per heavy atom. The monoisotopic (exact) mass is 995 g/mol. The molecule has 3 nitrogen and oxygen atoms in total. The van der Waals surface area contributed by atoms with E-state index in [4.69, 9.17) is 4.42 Å². The van der Waals surface area contributed by atoms with Gasteiger partial charge in [-0.1, -0.05) is 172 Å². The molecule has 2 aliphatic carbocycles. The van der Waals surface area contributed by atoms with Gasteiger partial charge < -0.3 is 14.1 Å². The largest absolute Gasteiger partial charge is 0.466 e. The summed E-state index contributed by atoms with van der Waals surface area (Å²) < 4.78 is 10.5. The lowest BCUT2D eigenvalue weighted by molar-refractivity contribution is 0.332. The number of hydrogen-bond acceptors (Lipinski definition) is 4. The average molecular weight is 995 g/mol. The summed E-state index contributed by atoms with van der Waals surface area (Å²) in [4.78, 5) is 5.38. The first-order valence-electron chi connectivity index (χ1n) is 27.8. The lowest BCUT2D eigenvalue weighted by Crippen LogP contribution is -2.61. The van der Waals surface area contributed by atoms with E-state index >= 15 is 0 Å². The van der Waals surface area contributed by atoms with Gasteiger partial charge in [0.1, 0.15) is 11.2 Å². The van der Waals surface area contributed by atoms with Gasteiger partial charge in [0, 0.05) is 59.3 Å². The number of unbranched alkanes of at least 4 members (excludes halogenated alkanes) is 1. The molecule has 0 spiro atoms. The molecule has 0 radical (unpaired) electrons. The fourth-order valence-electron chi connectivity index (χ4n) is 14.0. The first kappa shape index (κ1) is 46.7. The summed E-state index contributed by atoms with van der Waals surface area (Å²) >= 11 is 1.94. The van der Waals surface area contributed by atoms with E-state index in [9.17, 15) is 0 Å². The topological polar surface area (TPSA) is 19.6 Å². The number of furan rings is 1. The van der Waals surface area contributed by atoms with Crippen LogP contribution < -0.4 is 20.8 Å². The molecule has 2 aromatic heterocycles. The molecule has 0 unspecified atom stereocenters. The molecule has 75 heavy (non-hydrogen) atoms. The second-order valence-corrected chi connectivity index (χ2v) is 26.2. The van der Waals surface area contributed by atoms with Crippen LogP contribution in [-0.4, -0.2) is 6.85 Å². The average Bonchev–Trinajstić information content (AvgIpc) is 4.10. The summed E-state index contributed by atoms with van der Waals surface area (Å²) in [5.74, 6) is 0. The summed E-state index contributed by atoms with van der Waals surface area (Å²) in [5.41, 5.74) is 24.0. The van der Waals surface area contributed by atoms with Gasteiger partial charge in [0.15, 0.2) is 0 Å². The second kappa shape index (κ2) is 16.6. The molecule has 0 amide bonds. The van der Waals surface area contributed by atoms with E-state index in [0.717, 1.165) is 55.5 Å². The molecule has 8 aromatic carbocycles. The summed E-state index contributed by atoms with van der Waals surface area (Å²) in [6.45, 7) is 21.6. The van der Waals surface area contributed by atoms with Crippen LogP contribution in [0.4, 0.5) is 28.4 Å². The van der Waals surface area contributed by atoms with Crippen LogP contribution in [0.15, 0.2) is 162 Å². The molecule has 0 saturated heterocycles. The van der Waals surface area contributed by atoms with Crippen molar-refractivity contribution in [1.82, 2.24) is 0 Å². The van der Waals surface area contributed by atoms with Gasteiger partial charge in [0.25, 0.3) is 0 Å². The van der Waals surface area contributed by atoms with Crippen molar-refractivity contribution in [3.63, 3.8) is 0 Å². The number of nitrogens with zero attached hydrogens (tertiary/aromatic N) is 2. The summed E-state index contributed by atoms with van der Waals surface area (Å²) in [6.07, 6.45) is 7.94. The SMILES string of the molecule is CCCCc1ccc(N2c3cc4c(sc5ccccc54)c4c3B(c3oc5cc6c(cc5c32)C(C)(C)CCC6(C)C)N(c2ccc3c(c2)C(C)(C)CCC3(C)C)c2cc(-c3ccccc3)ccc2-4)c(-c2ccccc2)c1. The van der Waals surface area contributed by atoms with Crippen molar-refractivity contribution in [1.29, 1.82) is 0 Å². The molecule has 0 bridgehead atoms. The maximum atomic E-state index is 7.90. The van der Waals surface area contributed by atoms with E-state index < -0.39 is 0 Å². The number of thiophene rings is 1. The van der Waals surface area contributed by atoms with Gasteiger partial charge in [-0.15, -0.1) is 11.3 Å². The highest BCUT2D eigenvalue weighted by molar-refractivity contribution is 7.26. The Labute approximate surface area is 448 Å². The Bertz CT molecular complexity index is 3970. The molecule has 2 aliphatic heterocycles. The van der Waals surface area contributed by atoms with Crippen molar-refractivity contribution in [2.45, 2.75) is 129 Å². The van der Waals surface area contributed by atoms with Crippen LogP contribution in [-0.2, 0) is 28.1 Å². The number of hydrogen-bond donors (Lipinski definition) is 0. The highest BCUT2D eigenvalue weighted by atomic mass is 32.1. The van der Waals surface area contributed by atoms with Crippen molar-refractivity contribution < 1.29 is 4.42 Å². The van der Waals surface area contributed by atoms with Crippen LogP contribution in [0.5, 0.6) is 0 Å². The zero-order chi connectivity index (χ0) is 51.3. The smallest absolute Gasteiger partial charge is 0.376 e. The van der Waals surface area contributed by atoms with E-state index in [0.29, 0.717) is 0 Å². The second-order valence-electron chi connectivity index (χ2n) is 25.2. The number of fused-ring (bicyclic) bond motifs is 12. The minimum atomic E-state index is -0.290. The van der Waals surface area contributed by atoms with Gasteiger partial charge in [-0.2, -0.15) is 0 Å². The first-order valence-corrected chi connectivity index (χ1v) is 28.7. The third kappa shape index (κ3) is 7.05. The van der Waals surface area contributed by atoms with Gasteiger partial charge in [0.05, 0.1) is 11.4 Å².